The molecule has 0 saturated carbocycles. The van der Waals surface area contributed by atoms with Crippen LogP contribution in [0.25, 0.3) is 0 Å². The normalized spacial score (nSPS) is 10.3. The first-order valence-corrected chi connectivity index (χ1v) is 4.18. The van der Waals surface area contributed by atoms with Gasteiger partial charge in [-0.2, -0.15) is 0 Å². The molecule has 0 radical (unpaired) electrons. The minimum Gasteiger partial charge on any atom is -0.328 e. The van der Waals surface area contributed by atoms with Crippen LogP contribution in [-0.2, 0) is 0 Å². The van der Waals surface area contributed by atoms with E-state index in [-0.39, 0.29) is 5.91 Å². The molecule has 1 N–H and O–H groups in total. The number of hydrogen-bond donors (Lipinski definition) is 1. The third kappa shape index (κ3) is 2.20. The van der Waals surface area contributed by atoms with Gasteiger partial charge in [-0.15, -0.1) is 11.3 Å². The van der Waals surface area contributed by atoms with Crippen molar-refractivity contribution < 1.29 is 4.79 Å². The van der Waals surface area contributed by atoms with Gasteiger partial charge in [-0.25, -0.2) is 0 Å². The molecule has 0 bridgehead atoms. The summed E-state index contributed by atoms with van der Waals surface area (Å²) in [4.78, 5) is 11.9. The molecule has 0 aliphatic heterocycles. The quantitative estimate of drug-likeness (QED) is 0.717. The van der Waals surface area contributed by atoms with E-state index in [1.807, 2.05) is 18.4 Å². The lowest BCUT2D eigenvalue weighted by molar-refractivity contribution is 0.0974. The second kappa shape index (κ2) is 3.93. The summed E-state index contributed by atoms with van der Waals surface area (Å²) in [6.07, 6.45) is 3.41. The molecule has 0 saturated heterocycles. The minimum absolute atomic E-state index is 0.0434. The van der Waals surface area contributed by atoms with Gasteiger partial charge in [-0.05, 0) is 24.6 Å². The summed E-state index contributed by atoms with van der Waals surface area (Å²) in [5.74, 6) is -0.0434. The first-order chi connectivity index (χ1) is 5.34. The Hall–Kier alpha value is -1.09. The van der Waals surface area contributed by atoms with Crippen LogP contribution in [0.4, 0.5) is 0 Å². The lowest BCUT2D eigenvalue weighted by Gasteiger charge is -1.93. The number of rotatable bonds is 2. The maximum Gasteiger partial charge on any atom is 0.265 e. The van der Waals surface area contributed by atoms with Gasteiger partial charge in [0.1, 0.15) is 0 Å². The van der Waals surface area contributed by atoms with Gasteiger partial charge >= 0.3 is 0 Å². The molecule has 0 spiro atoms. The highest BCUT2D eigenvalue weighted by molar-refractivity contribution is 7.12. The second-order valence-electron chi connectivity index (χ2n) is 1.95. The summed E-state index contributed by atoms with van der Waals surface area (Å²) in [5, 5.41) is 4.51. The first-order valence-electron chi connectivity index (χ1n) is 3.30. The fraction of sp³-hybridized carbons (Fsp3) is 0.125. The zero-order valence-corrected chi connectivity index (χ0v) is 7.02. The van der Waals surface area contributed by atoms with Crippen molar-refractivity contribution in [1.82, 2.24) is 5.32 Å². The number of amides is 1. The van der Waals surface area contributed by atoms with Crippen LogP contribution in [0, 0.1) is 0 Å². The average Bonchev–Trinajstić information content (AvgIpc) is 2.52. The number of hydrogen-bond acceptors (Lipinski definition) is 2. The Morgan fingerprint density at radius 1 is 1.73 bits per heavy atom. The van der Waals surface area contributed by atoms with Crippen LogP contribution in [0.2, 0.25) is 0 Å². The molecule has 0 fully saturated rings. The molecule has 1 amide bonds. The van der Waals surface area contributed by atoms with Crippen molar-refractivity contribution in [2.24, 2.45) is 0 Å². The van der Waals surface area contributed by atoms with Gasteiger partial charge in [-0.3, -0.25) is 4.79 Å². The van der Waals surface area contributed by atoms with E-state index < -0.39 is 0 Å². The zero-order valence-electron chi connectivity index (χ0n) is 6.20. The van der Waals surface area contributed by atoms with Crippen molar-refractivity contribution in [2.75, 3.05) is 0 Å². The van der Waals surface area contributed by atoms with E-state index in [0.29, 0.717) is 0 Å². The summed E-state index contributed by atoms with van der Waals surface area (Å²) >= 11 is 1.44. The molecule has 0 unspecified atom stereocenters. The Bertz CT molecular complexity index is 251. The molecule has 0 aliphatic rings. The predicted octanol–water partition coefficient (Wildman–Crippen LogP) is 2.01. The second-order valence-corrected chi connectivity index (χ2v) is 2.90. The molecule has 1 aromatic heterocycles. The Labute approximate surface area is 69.6 Å². The van der Waals surface area contributed by atoms with Crippen molar-refractivity contribution in [1.29, 1.82) is 0 Å². The third-order valence-corrected chi connectivity index (χ3v) is 1.99. The van der Waals surface area contributed by atoms with Crippen LogP contribution in [0.3, 0.4) is 0 Å². The Morgan fingerprint density at radius 3 is 3.09 bits per heavy atom. The van der Waals surface area contributed by atoms with Crippen molar-refractivity contribution in [2.45, 2.75) is 6.92 Å². The molecule has 2 nitrogen and oxygen atoms in total. The molecule has 3 heteroatoms. The van der Waals surface area contributed by atoms with E-state index in [9.17, 15) is 4.79 Å². The molecule has 0 aromatic carbocycles. The summed E-state index contributed by atoms with van der Waals surface area (Å²) in [7, 11) is 0. The predicted molar refractivity (Wildman–Crippen MR) is 46.6 cm³/mol. The van der Waals surface area contributed by atoms with E-state index in [4.69, 9.17) is 0 Å². The summed E-state index contributed by atoms with van der Waals surface area (Å²) < 4.78 is 0. The lowest BCUT2D eigenvalue weighted by Crippen LogP contribution is -2.15. The lowest BCUT2D eigenvalue weighted by atomic mass is 10.4. The SMILES string of the molecule is C/C=C\NC(=O)c1cccs1. The summed E-state index contributed by atoms with van der Waals surface area (Å²) in [6.45, 7) is 1.86. The van der Waals surface area contributed by atoms with Crippen molar-refractivity contribution >= 4 is 17.2 Å². The Kier molecular flexibility index (Phi) is 2.86. The molecule has 0 atom stereocenters. The Balaban J connectivity index is 2.56. The van der Waals surface area contributed by atoms with Crippen LogP contribution in [0.15, 0.2) is 29.8 Å². The topological polar surface area (TPSA) is 29.1 Å². The van der Waals surface area contributed by atoms with E-state index in [1.54, 1.807) is 18.3 Å². The average molecular weight is 167 g/mol. The van der Waals surface area contributed by atoms with Crippen LogP contribution >= 0.6 is 11.3 Å². The van der Waals surface area contributed by atoms with E-state index in [2.05, 4.69) is 5.32 Å². The van der Waals surface area contributed by atoms with Gasteiger partial charge in [0.15, 0.2) is 0 Å². The highest BCUT2D eigenvalue weighted by Crippen LogP contribution is 2.07. The van der Waals surface area contributed by atoms with Crippen LogP contribution in [-0.4, -0.2) is 5.91 Å². The van der Waals surface area contributed by atoms with Gasteiger partial charge < -0.3 is 5.32 Å². The van der Waals surface area contributed by atoms with Gasteiger partial charge in [-0.1, -0.05) is 12.1 Å². The molecule has 1 rings (SSSR count). The molecular weight excluding hydrogens is 158 g/mol. The molecule has 1 heterocycles. The molecule has 58 valence electrons. The fourth-order valence-corrected chi connectivity index (χ4v) is 1.26. The van der Waals surface area contributed by atoms with Crippen LogP contribution in [0.5, 0.6) is 0 Å². The van der Waals surface area contributed by atoms with E-state index in [0.717, 1.165) is 4.88 Å². The Morgan fingerprint density at radius 2 is 2.55 bits per heavy atom. The number of allylic oxidation sites excluding steroid dienone is 1. The van der Waals surface area contributed by atoms with E-state index in [1.165, 1.54) is 11.3 Å². The van der Waals surface area contributed by atoms with Crippen molar-refractivity contribution in [3.8, 4) is 0 Å². The van der Waals surface area contributed by atoms with Gasteiger partial charge in [0.2, 0.25) is 0 Å². The van der Waals surface area contributed by atoms with Crippen molar-refractivity contribution in [3.05, 3.63) is 34.7 Å². The summed E-state index contributed by atoms with van der Waals surface area (Å²) in [5.41, 5.74) is 0. The largest absolute Gasteiger partial charge is 0.328 e. The highest BCUT2D eigenvalue weighted by Gasteiger charge is 2.01. The molecule has 11 heavy (non-hydrogen) atoms. The van der Waals surface area contributed by atoms with Crippen molar-refractivity contribution in [3.63, 3.8) is 0 Å². The highest BCUT2D eigenvalue weighted by atomic mass is 32.1. The standard InChI is InChI=1S/C8H9NOS/c1-2-5-9-8(10)7-4-3-6-11-7/h2-6H,1H3,(H,9,10)/b5-2-. The molecular formula is C8H9NOS. The number of nitrogens with one attached hydrogen (secondary N) is 1. The van der Waals surface area contributed by atoms with Gasteiger partial charge in [0, 0.05) is 0 Å². The smallest absolute Gasteiger partial charge is 0.265 e. The fourth-order valence-electron chi connectivity index (χ4n) is 0.638. The third-order valence-electron chi connectivity index (χ3n) is 1.13. The molecule has 0 aliphatic carbocycles. The van der Waals surface area contributed by atoms with Crippen LogP contribution < -0.4 is 5.32 Å². The number of thiophene rings is 1. The monoisotopic (exact) mass is 167 g/mol. The molecule has 1 aromatic rings. The van der Waals surface area contributed by atoms with E-state index >= 15 is 0 Å². The first kappa shape index (κ1) is 8.01. The van der Waals surface area contributed by atoms with Gasteiger partial charge in [0.05, 0.1) is 4.88 Å². The minimum atomic E-state index is -0.0434. The van der Waals surface area contributed by atoms with Gasteiger partial charge in [0.25, 0.3) is 5.91 Å². The number of carbonyl (C=O) groups excluding carboxylic acids is 1. The summed E-state index contributed by atoms with van der Waals surface area (Å²) in [6, 6.07) is 3.65. The maximum atomic E-state index is 11.1. The maximum absolute atomic E-state index is 11.1. The van der Waals surface area contributed by atoms with Crippen LogP contribution in [0.1, 0.15) is 16.6 Å². The number of carbonyl (C=O) groups is 1. The zero-order chi connectivity index (χ0) is 8.10.